The first-order valence-corrected chi connectivity index (χ1v) is 7.02. The van der Waals surface area contributed by atoms with Crippen molar-refractivity contribution in [3.8, 4) is 0 Å². The number of aromatic nitrogens is 2. The standard InChI is InChI=1S/C14H22N4O2/c1-9(2)12-8-11(16-17(12)3)14(20)18-6-4-10(5-7-18)13(15)19/h8-10H,4-7H2,1-3H3,(H2,15,19). The summed E-state index contributed by atoms with van der Waals surface area (Å²) in [5.74, 6) is -0.101. The lowest BCUT2D eigenvalue weighted by Gasteiger charge is -2.29. The summed E-state index contributed by atoms with van der Waals surface area (Å²) in [5, 5.41) is 4.29. The molecule has 0 aliphatic carbocycles. The fourth-order valence-electron chi connectivity index (χ4n) is 2.66. The molecule has 0 unspecified atom stereocenters. The second-order valence-corrected chi connectivity index (χ2v) is 5.70. The van der Waals surface area contributed by atoms with Crippen LogP contribution in [0.2, 0.25) is 0 Å². The van der Waals surface area contributed by atoms with Gasteiger partial charge in [-0.25, -0.2) is 0 Å². The maximum atomic E-state index is 12.4. The van der Waals surface area contributed by atoms with Gasteiger partial charge in [0.2, 0.25) is 5.91 Å². The van der Waals surface area contributed by atoms with Gasteiger partial charge >= 0.3 is 0 Å². The Labute approximate surface area is 118 Å². The zero-order valence-electron chi connectivity index (χ0n) is 12.3. The minimum Gasteiger partial charge on any atom is -0.369 e. The molecule has 110 valence electrons. The van der Waals surface area contributed by atoms with E-state index in [9.17, 15) is 9.59 Å². The predicted octanol–water partition coefficient (Wildman–Crippen LogP) is 0.881. The Kier molecular flexibility index (Phi) is 4.11. The van der Waals surface area contributed by atoms with Gasteiger partial charge in [0.1, 0.15) is 0 Å². The highest BCUT2D eigenvalue weighted by Crippen LogP contribution is 2.20. The van der Waals surface area contributed by atoms with Crippen LogP contribution < -0.4 is 5.73 Å². The molecule has 0 saturated carbocycles. The molecule has 0 spiro atoms. The van der Waals surface area contributed by atoms with Gasteiger partial charge in [-0.3, -0.25) is 14.3 Å². The third kappa shape index (κ3) is 2.84. The van der Waals surface area contributed by atoms with Crippen LogP contribution in [0.1, 0.15) is 48.8 Å². The van der Waals surface area contributed by atoms with E-state index in [-0.39, 0.29) is 17.7 Å². The fraction of sp³-hybridized carbons (Fsp3) is 0.643. The van der Waals surface area contributed by atoms with Crippen molar-refractivity contribution in [1.82, 2.24) is 14.7 Å². The summed E-state index contributed by atoms with van der Waals surface area (Å²) < 4.78 is 1.76. The molecular formula is C14H22N4O2. The van der Waals surface area contributed by atoms with Crippen LogP contribution in [0.4, 0.5) is 0 Å². The van der Waals surface area contributed by atoms with Crippen LogP contribution in [0.25, 0.3) is 0 Å². The van der Waals surface area contributed by atoms with Gasteiger partial charge < -0.3 is 10.6 Å². The summed E-state index contributed by atoms with van der Waals surface area (Å²) in [5.41, 5.74) is 6.82. The highest BCUT2D eigenvalue weighted by atomic mass is 16.2. The molecule has 6 nitrogen and oxygen atoms in total. The van der Waals surface area contributed by atoms with Gasteiger partial charge in [0.05, 0.1) is 0 Å². The highest BCUT2D eigenvalue weighted by Gasteiger charge is 2.28. The average molecular weight is 278 g/mol. The fourth-order valence-corrected chi connectivity index (χ4v) is 2.66. The molecule has 2 heterocycles. The van der Waals surface area contributed by atoms with Crippen LogP contribution in [0.3, 0.4) is 0 Å². The monoisotopic (exact) mass is 278 g/mol. The quantitative estimate of drug-likeness (QED) is 0.891. The van der Waals surface area contributed by atoms with Gasteiger partial charge in [-0.15, -0.1) is 0 Å². The van der Waals surface area contributed by atoms with Crippen molar-refractivity contribution in [1.29, 1.82) is 0 Å². The lowest BCUT2D eigenvalue weighted by Crippen LogP contribution is -2.41. The maximum Gasteiger partial charge on any atom is 0.274 e. The number of hydrogen-bond donors (Lipinski definition) is 1. The van der Waals surface area contributed by atoms with E-state index in [0.29, 0.717) is 37.5 Å². The maximum absolute atomic E-state index is 12.4. The third-order valence-corrected chi connectivity index (χ3v) is 3.91. The Hall–Kier alpha value is -1.85. The normalized spacial score (nSPS) is 16.7. The summed E-state index contributed by atoms with van der Waals surface area (Å²) in [7, 11) is 1.85. The van der Waals surface area contributed by atoms with Crippen molar-refractivity contribution in [3.63, 3.8) is 0 Å². The minimum atomic E-state index is -0.267. The first-order chi connectivity index (χ1) is 9.40. The Morgan fingerprint density at radius 2 is 1.95 bits per heavy atom. The molecule has 0 radical (unpaired) electrons. The zero-order chi connectivity index (χ0) is 14.9. The largest absolute Gasteiger partial charge is 0.369 e. The molecule has 1 saturated heterocycles. The van der Waals surface area contributed by atoms with Gasteiger partial charge in [0.25, 0.3) is 5.91 Å². The molecule has 1 aromatic heterocycles. The molecule has 2 rings (SSSR count). The summed E-state index contributed by atoms with van der Waals surface area (Å²) in [4.78, 5) is 25.3. The number of likely N-dealkylation sites (tertiary alicyclic amines) is 1. The Balaban J connectivity index is 2.05. The number of aryl methyl sites for hydroxylation is 1. The number of carbonyl (C=O) groups excluding carboxylic acids is 2. The lowest BCUT2D eigenvalue weighted by molar-refractivity contribution is -0.123. The first-order valence-electron chi connectivity index (χ1n) is 7.02. The number of carbonyl (C=O) groups is 2. The molecule has 6 heteroatoms. The molecule has 0 bridgehead atoms. The van der Waals surface area contributed by atoms with Gasteiger partial charge in [0.15, 0.2) is 5.69 Å². The van der Waals surface area contributed by atoms with Crippen LogP contribution in [-0.4, -0.2) is 39.6 Å². The van der Waals surface area contributed by atoms with Crippen LogP contribution in [0.15, 0.2) is 6.07 Å². The number of amides is 2. The second kappa shape index (κ2) is 5.64. The van der Waals surface area contributed by atoms with Crippen molar-refractivity contribution in [3.05, 3.63) is 17.5 Å². The van der Waals surface area contributed by atoms with Gasteiger partial charge in [-0.2, -0.15) is 5.10 Å². The van der Waals surface area contributed by atoms with E-state index in [1.807, 2.05) is 13.1 Å². The second-order valence-electron chi connectivity index (χ2n) is 5.70. The molecule has 2 N–H and O–H groups in total. The van der Waals surface area contributed by atoms with E-state index >= 15 is 0 Å². The van der Waals surface area contributed by atoms with Crippen LogP contribution in [0.5, 0.6) is 0 Å². The van der Waals surface area contributed by atoms with Crippen molar-refractivity contribution < 1.29 is 9.59 Å². The number of nitrogens with two attached hydrogens (primary N) is 1. The molecule has 0 aromatic carbocycles. The van der Waals surface area contributed by atoms with Gasteiger partial charge in [0, 0.05) is 31.7 Å². The lowest BCUT2D eigenvalue weighted by atomic mass is 9.96. The van der Waals surface area contributed by atoms with E-state index in [4.69, 9.17) is 5.73 Å². The van der Waals surface area contributed by atoms with Crippen LogP contribution >= 0.6 is 0 Å². The third-order valence-electron chi connectivity index (χ3n) is 3.91. The topological polar surface area (TPSA) is 81.2 Å². The van der Waals surface area contributed by atoms with Crippen molar-refractivity contribution in [2.75, 3.05) is 13.1 Å². The van der Waals surface area contributed by atoms with Crippen molar-refractivity contribution in [2.45, 2.75) is 32.6 Å². The Morgan fingerprint density at radius 3 is 2.40 bits per heavy atom. The molecule has 1 aromatic rings. The van der Waals surface area contributed by atoms with E-state index < -0.39 is 0 Å². The number of rotatable bonds is 3. The summed E-state index contributed by atoms with van der Waals surface area (Å²) in [6.45, 7) is 5.29. The smallest absolute Gasteiger partial charge is 0.274 e. The van der Waals surface area contributed by atoms with E-state index in [1.54, 1.807) is 9.58 Å². The van der Waals surface area contributed by atoms with Crippen molar-refractivity contribution in [2.24, 2.45) is 18.7 Å². The van der Waals surface area contributed by atoms with Crippen molar-refractivity contribution >= 4 is 11.8 Å². The number of piperidine rings is 1. The summed E-state index contributed by atoms with van der Waals surface area (Å²) >= 11 is 0. The van der Waals surface area contributed by atoms with E-state index in [2.05, 4.69) is 18.9 Å². The SMILES string of the molecule is CC(C)c1cc(C(=O)N2CCC(C(N)=O)CC2)nn1C. The Morgan fingerprint density at radius 1 is 1.35 bits per heavy atom. The van der Waals surface area contributed by atoms with Crippen LogP contribution in [-0.2, 0) is 11.8 Å². The highest BCUT2D eigenvalue weighted by molar-refractivity contribution is 5.92. The molecule has 20 heavy (non-hydrogen) atoms. The summed E-state index contributed by atoms with van der Waals surface area (Å²) in [6, 6.07) is 1.85. The van der Waals surface area contributed by atoms with E-state index in [0.717, 1.165) is 5.69 Å². The minimum absolute atomic E-state index is 0.0598. The molecule has 0 atom stereocenters. The number of nitrogens with zero attached hydrogens (tertiary/aromatic N) is 3. The molecule has 2 amide bonds. The molecule has 1 fully saturated rings. The van der Waals surface area contributed by atoms with Gasteiger partial charge in [-0.1, -0.05) is 13.8 Å². The Bertz CT molecular complexity index is 513. The average Bonchev–Trinajstić information content (AvgIpc) is 2.80. The van der Waals surface area contributed by atoms with E-state index in [1.165, 1.54) is 0 Å². The number of hydrogen-bond acceptors (Lipinski definition) is 3. The van der Waals surface area contributed by atoms with Gasteiger partial charge in [-0.05, 0) is 24.8 Å². The molecule has 1 aliphatic heterocycles. The van der Waals surface area contributed by atoms with Crippen LogP contribution in [0, 0.1) is 5.92 Å². The molecular weight excluding hydrogens is 256 g/mol. The summed E-state index contributed by atoms with van der Waals surface area (Å²) in [6.07, 6.45) is 1.29. The zero-order valence-corrected chi connectivity index (χ0v) is 12.3. The predicted molar refractivity (Wildman–Crippen MR) is 75.1 cm³/mol. The first kappa shape index (κ1) is 14.6. The molecule has 1 aliphatic rings. The number of primary amides is 1.